The number of hydrogen-bond donors (Lipinski definition) is 1. The summed E-state index contributed by atoms with van der Waals surface area (Å²) in [6.45, 7) is 8.01. The molecule has 28 heavy (non-hydrogen) atoms. The number of carbonyl (C=O) groups is 3. The molecule has 0 spiro atoms. The van der Waals surface area contributed by atoms with Gasteiger partial charge in [0.15, 0.2) is 5.78 Å². The van der Waals surface area contributed by atoms with Crippen molar-refractivity contribution in [1.29, 1.82) is 0 Å². The fourth-order valence-electron chi connectivity index (χ4n) is 3.71. The maximum atomic E-state index is 13.4. The highest BCUT2D eigenvalue weighted by Crippen LogP contribution is 2.47. The summed E-state index contributed by atoms with van der Waals surface area (Å²) in [5.41, 5.74) is -1.34. The lowest BCUT2D eigenvalue weighted by atomic mass is 9.61. The summed E-state index contributed by atoms with van der Waals surface area (Å²) in [5, 5.41) is 10.9. The van der Waals surface area contributed by atoms with Gasteiger partial charge in [-0.05, 0) is 52.3 Å². The number of rotatable bonds is 5. The Morgan fingerprint density at radius 2 is 1.57 bits per heavy atom. The zero-order valence-corrected chi connectivity index (χ0v) is 16.8. The van der Waals surface area contributed by atoms with Crippen LogP contribution in [0.15, 0.2) is 24.3 Å². The van der Waals surface area contributed by atoms with Crippen molar-refractivity contribution in [2.24, 2.45) is 11.8 Å². The molecule has 0 radical (unpaired) electrons. The number of carbonyl (C=O) groups excluding carboxylic acids is 3. The van der Waals surface area contributed by atoms with E-state index in [0.717, 1.165) is 0 Å². The van der Waals surface area contributed by atoms with Gasteiger partial charge in [-0.25, -0.2) is 4.39 Å². The van der Waals surface area contributed by atoms with Gasteiger partial charge in [0, 0.05) is 12.3 Å². The van der Waals surface area contributed by atoms with E-state index in [9.17, 15) is 23.9 Å². The molecular weight excluding hydrogens is 367 g/mol. The predicted octanol–water partition coefficient (Wildman–Crippen LogP) is 2.77. The summed E-state index contributed by atoms with van der Waals surface area (Å²) in [4.78, 5) is 38.4. The first-order chi connectivity index (χ1) is 12.9. The van der Waals surface area contributed by atoms with Crippen LogP contribution >= 0.6 is 0 Å². The lowest BCUT2D eigenvalue weighted by Crippen LogP contribution is -2.55. The van der Waals surface area contributed by atoms with Gasteiger partial charge >= 0.3 is 11.9 Å². The van der Waals surface area contributed by atoms with Gasteiger partial charge in [-0.1, -0.05) is 12.1 Å². The molecule has 0 aromatic heterocycles. The highest BCUT2D eigenvalue weighted by atomic mass is 19.1. The summed E-state index contributed by atoms with van der Waals surface area (Å²) in [6, 6.07) is 5.16. The van der Waals surface area contributed by atoms with E-state index in [-0.39, 0.29) is 6.42 Å². The fourth-order valence-corrected chi connectivity index (χ4v) is 3.71. The molecule has 0 unspecified atom stereocenters. The monoisotopic (exact) mass is 394 g/mol. The third-order valence-corrected chi connectivity index (χ3v) is 4.73. The van der Waals surface area contributed by atoms with Gasteiger partial charge in [0.2, 0.25) is 0 Å². The molecule has 0 bridgehead atoms. The van der Waals surface area contributed by atoms with Crippen LogP contribution in [0.2, 0.25) is 0 Å². The topological polar surface area (TPSA) is 89.9 Å². The van der Waals surface area contributed by atoms with Crippen molar-refractivity contribution in [3.63, 3.8) is 0 Å². The molecule has 1 aromatic carbocycles. The van der Waals surface area contributed by atoms with E-state index in [2.05, 4.69) is 0 Å². The molecule has 0 aliphatic heterocycles. The van der Waals surface area contributed by atoms with Crippen molar-refractivity contribution >= 4 is 17.7 Å². The van der Waals surface area contributed by atoms with E-state index in [0.29, 0.717) is 5.56 Å². The van der Waals surface area contributed by atoms with Crippen LogP contribution in [-0.2, 0) is 23.9 Å². The van der Waals surface area contributed by atoms with Crippen molar-refractivity contribution in [2.75, 3.05) is 0 Å². The Balaban J connectivity index is 2.59. The minimum atomic E-state index is -1.73. The van der Waals surface area contributed by atoms with Crippen LogP contribution in [-0.4, -0.2) is 40.6 Å². The Labute approximate surface area is 164 Å². The van der Waals surface area contributed by atoms with Crippen molar-refractivity contribution in [3.8, 4) is 0 Å². The van der Waals surface area contributed by atoms with Crippen LogP contribution < -0.4 is 0 Å². The molecule has 4 atom stereocenters. The molecule has 1 saturated carbocycles. The Morgan fingerprint density at radius 1 is 1.07 bits per heavy atom. The van der Waals surface area contributed by atoms with Gasteiger partial charge in [-0.15, -0.1) is 0 Å². The van der Waals surface area contributed by atoms with Crippen LogP contribution in [0.25, 0.3) is 0 Å². The largest absolute Gasteiger partial charge is 0.463 e. The van der Waals surface area contributed by atoms with Crippen molar-refractivity contribution in [3.05, 3.63) is 35.6 Å². The molecule has 154 valence electrons. The van der Waals surface area contributed by atoms with Gasteiger partial charge in [-0.2, -0.15) is 0 Å². The van der Waals surface area contributed by atoms with Crippen molar-refractivity contribution < 1.29 is 33.4 Å². The highest BCUT2D eigenvalue weighted by molar-refractivity contribution is 6.02. The predicted molar refractivity (Wildman–Crippen MR) is 98.8 cm³/mol. The first-order valence-electron chi connectivity index (χ1n) is 9.35. The Bertz CT molecular complexity index is 730. The number of Topliss-reactive ketones (excluding diaryl/α,β-unsaturated/α-hetero) is 1. The molecule has 0 saturated heterocycles. The summed E-state index contributed by atoms with van der Waals surface area (Å²) in [7, 11) is 0. The molecule has 2 rings (SSSR count). The molecule has 1 N–H and O–H groups in total. The normalized spacial score (nSPS) is 27.8. The smallest absolute Gasteiger partial charge is 0.317 e. The molecule has 1 aromatic rings. The van der Waals surface area contributed by atoms with E-state index >= 15 is 0 Å². The van der Waals surface area contributed by atoms with Crippen LogP contribution in [0, 0.1) is 17.7 Å². The Hall–Kier alpha value is -2.28. The highest BCUT2D eigenvalue weighted by Gasteiger charge is 2.57. The van der Waals surface area contributed by atoms with Crippen LogP contribution in [0.4, 0.5) is 4.39 Å². The summed E-state index contributed by atoms with van der Waals surface area (Å²) in [5.74, 6) is -6.04. The standard InChI is InChI=1S/C21H27FO6/c1-11(2)27-19(24)17-15(23)10-21(5,26)18(20(25)28-12(3)4)16(17)13-6-8-14(22)9-7-13/h6-9,11-12,16-18,26H,10H2,1-5H3/t16-,17+,18+,21-/m1/s1. The number of ether oxygens (including phenoxy) is 2. The molecule has 1 aliphatic rings. The van der Waals surface area contributed by atoms with E-state index in [1.54, 1.807) is 27.7 Å². The summed E-state index contributed by atoms with van der Waals surface area (Å²) in [6.07, 6.45) is -1.30. The lowest BCUT2D eigenvalue weighted by molar-refractivity contribution is -0.176. The second-order valence-corrected chi connectivity index (χ2v) is 8.00. The molecule has 7 heteroatoms. The first-order valence-corrected chi connectivity index (χ1v) is 9.35. The quantitative estimate of drug-likeness (QED) is 0.610. The van der Waals surface area contributed by atoms with E-state index < -0.39 is 59.1 Å². The van der Waals surface area contributed by atoms with E-state index in [1.165, 1.54) is 31.2 Å². The maximum Gasteiger partial charge on any atom is 0.317 e. The number of hydrogen-bond acceptors (Lipinski definition) is 6. The van der Waals surface area contributed by atoms with Crippen LogP contribution in [0.3, 0.4) is 0 Å². The fraction of sp³-hybridized carbons (Fsp3) is 0.571. The van der Waals surface area contributed by atoms with Crippen molar-refractivity contribution in [2.45, 2.75) is 64.8 Å². The number of aliphatic hydroxyl groups is 1. The number of ketones is 1. The summed E-state index contributed by atoms with van der Waals surface area (Å²) < 4.78 is 24.0. The minimum absolute atomic E-state index is 0.381. The van der Waals surface area contributed by atoms with Gasteiger partial charge < -0.3 is 14.6 Å². The number of halogens is 1. The molecule has 1 fully saturated rings. The average Bonchev–Trinajstić information content (AvgIpc) is 2.52. The Kier molecular flexibility index (Phi) is 6.59. The van der Waals surface area contributed by atoms with Crippen LogP contribution in [0.1, 0.15) is 52.5 Å². The van der Waals surface area contributed by atoms with Gasteiger partial charge in [-0.3, -0.25) is 14.4 Å². The molecule has 6 nitrogen and oxygen atoms in total. The zero-order chi connectivity index (χ0) is 21.2. The second kappa shape index (κ2) is 8.39. The zero-order valence-electron chi connectivity index (χ0n) is 16.8. The first kappa shape index (κ1) is 22.0. The van der Waals surface area contributed by atoms with E-state index in [1.807, 2.05) is 0 Å². The molecule has 0 heterocycles. The Morgan fingerprint density at radius 3 is 2.07 bits per heavy atom. The van der Waals surface area contributed by atoms with Gasteiger partial charge in [0.1, 0.15) is 11.7 Å². The number of esters is 2. The lowest BCUT2D eigenvalue weighted by Gasteiger charge is -2.44. The second-order valence-electron chi connectivity index (χ2n) is 8.00. The minimum Gasteiger partial charge on any atom is -0.463 e. The molecule has 1 aliphatic carbocycles. The third-order valence-electron chi connectivity index (χ3n) is 4.73. The third kappa shape index (κ3) is 4.76. The number of benzene rings is 1. The van der Waals surface area contributed by atoms with E-state index in [4.69, 9.17) is 9.47 Å². The SMILES string of the molecule is CC(C)OC(=O)[C@H]1C(=O)C[C@@](C)(O)[C@H](C(=O)OC(C)C)[C@@H]1c1ccc(F)cc1. The average molecular weight is 394 g/mol. The van der Waals surface area contributed by atoms with Gasteiger partial charge in [0.25, 0.3) is 0 Å². The van der Waals surface area contributed by atoms with Crippen molar-refractivity contribution in [1.82, 2.24) is 0 Å². The summed E-state index contributed by atoms with van der Waals surface area (Å²) >= 11 is 0. The molecule has 0 amide bonds. The maximum absolute atomic E-state index is 13.4. The van der Waals surface area contributed by atoms with Crippen LogP contribution in [0.5, 0.6) is 0 Å². The van der Waals surface area contributed by atoms with Gasteiger partial charge in [0.05, 0.1) is 23.7 Å². The molecular formula is C21H27FO6.